The Bertz CT molecular complexity index is 790. The predicted octanol–water partition coefficient (Wildman–Crippen LogP) is 3.33. The lowest BCUT2D eigenvalue weighted by Crippen LogP contribution is -2.46. The summed E-state index contributed by atoms with van der Waals surface area (Å²) in [7, 11) is 0. The summed E-state index contributed by atoms with van der Waals surface area (Å²) < 4.78 is 18.9. The molecule has 1 aliphatic rings. The Balaban J connectivity index is 1.90. The molecule has 1 atom stereocenters. The second-order valence-corrected chi connectivity index (χ2v) is 5.67. The molecule has 6 heteroatoms. The number of halogens is 1. The fourth-order valence-electron chi connectivity index (χ4n) is 2.59. The molecule has 0 aliphatic carbocycles. The van der Waals surface area contributed by atoms with Crippen molar-refractivity contribution in [2.45, 2.75) is 26.5 Å². The summed E-state index contributed by atoms with van der Waals surface area (Å²) in [6, 6.07) is 13.4. The molecule has 5 nitrogen and oxygen atoms in total. The molecular weight excluding hydrogens is 323 g/mol. The molecule has 0 aromatic heterocycles. The van der Waals surface area contributed by atoms with Gasteiger partial charge in [-0.2, -0.15) is 0 Å². The molecule has 3 rings (SSSR count). The number of benzene rings is 2. The van der Waals surface area contributed by atoms with Gasteiger partial charge in [0, 0.05) is 5.56 Å². The summed E-state index contributed by atoms with van der Waals surface area (Å²) in [5, 5.41) is 4.09. The van der Waals surface area contributed by atoms with Crippen molar-refractivity contribution in [2.24, 2.45) is 5.16 Å². The third-order valence-corrected chi connectivity index (χ3v) is 3.82. The summed E-state index contributed by atoms with van der Waals surface area (Å²) in [6.07, 6.45) is -0.681. The first-order chi connectivity index (χ1) is 12.1. The van der Waals surface area contributed by atoms with E-state index in [0.29, 0.717) is 18.0 Å². The van der Waals surface area contributed by atoms with Crippen LogP contribution < -0.4 is 4.74 Å². The molecule has 130 valence electrons. The largest absolute Gasteiger partial charge is 0.494 e. The highest BCUT2D eigenvalue weighted by Crippen LogP contribution is 2.20. The van der Waals surface area contributed by atoms with Gasteiger partial charge in [0.2, 0.25) is 6.10 Å². The minimum Gasteiger partial charge on any atom is -0.494 e. The number of nitrogens with zero attached hydrogens (tertiary/aromatic N) is 2. The van der Waals surface area contributed by atoms with Crippen LogP contribution >= 0.6 is 0 Å². The van der Waals surface area contributed by atoms with E-state index in [1.54, 1.807) is 19.1 Å². The maximum atomic E-state index is 13.5. The monoisotopic (exact) mass is 342 g/mol. The van der Waals surface area contributed by atoms with Gasteiger partial charge in [0.1, 0.15) is 11.6 Å². The van der Waals surface area contributed by atoms with Crippen LogP contribution in [-0.4, -0.2) is 29.4 Å². The quantitative estimate of drug-likeness (QED) is 0.837. The first kappa shape index (κ1) is 17.0. The predicted molar refractivity (Wildman–Crippen MR) is 91.6 cm³/mol. The highest BCUT2D eigenvalue weighted by atomic mass is 19.1. The minimum absolute atomic E-state index is 0.219. The number of hydrogen-bond acceptors (Lipinski definition) is 4. The van der Waals surface area contributed by atoms with Gasteiger partial charge in [-0.15, -0.1) is 0 Å². The van der Waals surface area contributed by atoms with Crippen LogP contribution in [0.5, 0.6) is 5.75 Å². The van der Waals surface area contributed by atoms with E-state index in [1.165, 1.54) is 17.0 Å². The van der Waals surface area contributed by atoms with E-state index in [9.17, 15) is 9.18 Å². The first-order valence-electron chi connectivity index (χ1n) is 8.11. The van der Waals surface area contributed by atoms with Crippen molar-refractivity contribution < 1.29 is 18.8 Å². The Morgan fingerprint density at radius 1 is 1.24 bits per heavy atom. The molecule has 1 heterocycles. The van der Waals surface area contributed by atoms with Gasteiger partial charge in [0.25, 0.3) is 5.91 Å². The van der Waals surface area contributed by atoms with Crippen molar-refractivity contribution in [1.82, 2.24) is 4.90 Å². The fraction of sp³-hybridized carbons (Fsp3) is 0.263. The number of carbonyl (C=O) groups excluding carboxylic acids is 1. The Morgan fingerprint density at radius 3 is 2.68 bits per heavy atom. The standard InChI is InChI=1S/C19H19FN2O3/c1-3-24-17-9-7-15(8-10-17)18-21-25-13(2)19(23)22(18)12-14-5-4-6-16(20)11-14/h4-11,13H,3,12H2,1-2H3. The lowest BCUT2D eigenvalue weighted by atomic mass is 10.1. The summed E-state index contributed by atoms with van der Waals surface area (Å²) in [5.41, 5.74) is 1.40. The summed E-state index contributed by atoms with van der Waals surface area (Å²) >= 11 is 0. The zero-order chi connectivity index (χ0) is 17.8. The SMILES string of the molecule is CCOc1ccc(C2=NOC(C)C(=O)N2Cc2cccc(F)c2)cc1. The number of ether oxygens (including phenoxy) is 1. The van der Waals surface area contributed by atoms with Gasteiger partial charge in [0.05, 0.1) is 13.2 Å². The molecule has 0 radical (unpaired) electrons. The number of hydrogen-bond donors (Lipinski definition) is 0. The van der Waals surface area contributed by atoms with E-state index >= 15 is 0 Å². The third-order valence-electron chi connectivity index (χ3n) is 3.82. The Labute approximate surface area is 145 Å². The van der Waals surface area contributed by atoms with Gasteiger partial charge in [-0.1, -0.05) is 17.3 Å². The van der Waals surface area contributed by atoms with Crippen LogP contribution in [0.3, 0.4) is 0 Å². The molecule has 1 unspecified atom stereocenters. The molecule has 0 bridgehead atoms. The number of carbonyl (C=O) groups is 1. The fourth-order valence-corrected chi connectivity index (χ4v) is 2.59. The van der Waals surface area contributed by atoms with E-state index in [-0.39, 0.29) is 18.3 Å². The minimum atomic E-state index is -0.681. The van der Waals surface area contributed by atoms with E-state index in [0.717, 1.165) is 11.3 Å². The van der Waals surface area contributed by atoms with Crippen LogP contribution in [0.4, 0.5) is 4.39 Å². The normalized spacial score (nSPS) is 17.1. The van der Waals surface area contributed by atoms with Crippen molar-refractivity contribution in [1.29, 1.82) is 0 Å². The van der Waals surface area contributed by atoms with Crippen LogP contribution in [0, 0.1) is 5.82 Å². The van der Waals surface area contributed by atoms with Crippen LogP contribution in [0.2, 0.25) is 0 Å². The molecule has 0 N–H and O–H groups in total. The van der Waals surface area contributed by atoms with Crippen molar-refractivity contribution in [3.63, 3.8) is 0 Å². The average molecular weight is 342 g/mol. The zero-order valence-corrected chi connectivity index (χ0v) is 14.1. The van der Waals surface area contributed by atoms with E-state index < -0.39 is 6.10 Å². The topological polar surface area (TPSA) is 51.1 Å². The zero-order valence-electron chi connectivity index (χ0n) is 14.1. The number of rotatable bonds is 5. The second-order valence-electron chi connectivity index (χ2n) is 5.67. The van der Waals surface area contributed by atoms with Gasteiger partial charge in [0.15, 0.2) is 5.84 Å². The van der Waals surface area contributed by atoms with Crippen molar-refractivity contribution in [2.75, 3.05) is 6.61 Å². The van der Waals surface area contributed by atoms with Crippen molar-refractivity contribution >= 4 is 11.7 Å². The molecule has 25 heavy (non-hydrogen) atoms. The number of amides is 1. The molecule has 0 saturated carbocycles. The summed E-state index contributed by atoms with van der Waals surface area (Å²) in [4.78, 5) is 19.3. The number of amidine groups is 1. The lowest BCUT2D eigenvalue weighted by molar-refractivity contribution is -0.142. The highest BCUT2D eigenvalue weighted by Gasteiger charge is 2.31. The summed E-state index contributed by atoms with van der Waals surface area (Å²) in [5.74, 6) is 0.573. The van der Waals surface area contributed by atoms with Gasteiger partial charge >= 0.3 is 0 Å². The molecule has 1 amide bonds. The molecule has 2 aromatic rings. The highest BCUT2D eigenvalue weighted by molar-refractivity contribution is 6.09. The maximum Gasteiger partial charge on any atom is 0.272 e. The molecule has 0 saturated heterocycles. The molecule has 0 spiro atoms. The Hall–Kier alpha value is -2.89. The second kappa shape index (κ2) is 7.34. The number of oxime groups is 1. The van der Waals surface area contributed by atoms with Crippen molar-refractivity contribution in [3.05, 3.63) is 65.5 Å². The van der Waals surface area contributed by atoms with Crippen molar-refractivity contribution in [3.8, 4) is 5.75 Å². The van der Waals surface area contributed by atoms with Crippen LogP contribution in [0.1, 0.15) is 25.0 Å². The smallest absolute Gasteiger partial charge is 0.272 e. The van der Waals surface area contributed by atoms with E-state index in [2.05, 4.69) is 5.16 Å². The van der Waals surface area contributed by atoms with Gasteiger partial charge in [-0.05, 0) is 55.8 Å². The van der Waals surface area contributed by atoms with Gasteiger partial charge < -0.3 is 9.57 Å². The van der Waals surface area contributed by atoms with Crippen LogP contribution in [-0.2, 0) is 16.2 Å². The summed E-state index contributed by atoms with van der Waals surface area (Å²) in [6.45, 7) is 4.34. The molecule has 2 aromatic carbocycles. The maximum absolute atomic E-state index is 13.5. The van der Waals surface area contributed by atoms with Gasteiger partial charge in [-0.25, -0.2) is 4.39 Å². The first-order valence-corrected chi connectivity index (χ1v) is 8.11. The molecule has 0 fully saturated rings. The van der Waals surface area contributed by atoms with Crippen LogP contribution in [0.25, 0.3) is 0 Å². The van der Waals surface area contributed by atoms with E-state index in [4.69, 9.17) is 9.57 Å². The van der Waals surface area contributed by atoms with Crippen LogP contribution in [0.15, 0.2) is 53.7 Å². The molecule has 1 aliphatic heterocycles. The van der Waals surface area contributed by atoms with Gasteiger partial charge in [-0.3, -0.25) is 9.69 Å². The Morgan fingerprint density at radius 2 is 2.00 bits per heavy atom. The van der Waals surface area contributed by atoms with E-state index in [1.807, 2.05) is 31.2 Å². The average Bonchev–Trinajstić information content (AvgIpc) is 2.60. The Kier molecular flexibility index (Phi) is 4.97. The molecular formula is C19H19FN2O3. The third kappa shape index (κ3) is 3.79. The lowest BCUT2D eigenvalue weighted by Gasteiger charge is -2.30.